The van der Waals surface area contributed by atoms with E-state index in [2.05, 4.69) is 19.8 Å². The van der Waals surface area contributed by atoms with Crippen molar-refractivity contribution >= 4 is 17.5 Å². The van der Waals surface area contributed by atoms with Crippen molar-refractivity contribution < 1.29 is 37.0 Å². The molecule has 0 spiro atoms. The number of nitrogens with zero attached hydrogens (tertiary/aromatic N) is 3. The Kier molecular flexibility index (Phi) is 5.91. The molecule has 0 unspecified atom stereocenters. The minimum absolute atomic E-state index is 0.0198. The van der Waals surface area contributed by atoms with E-state index in [-0.39, 0.29) is 47.7 Å². The van der Waals surface area contributed by atoms with Gasteiger partial charge in [0.25, 0.3) is 5.91 Å². The fraction of sp³-hybridized carbons (Fsp3) is 0.375. The quantitative estimate of drug-likeness (QED) is 0.290. The van der Waals surface area contributed by atoms with Crippen LogP contribution in [-0.4, -0.2) is 45.6 Å². The van der Waals surface area contributed by atoms with Crippen LogP contribution < -0.4 is 25.3 Å². The van der Waals surface area contributed by atoms with Crippen molar-refractivity contribution in [3.63, 3.8) is 0 Å². The molecule has 0 radical (unpaired) electrons. The maximum absolute atomic E-state index is 14.9. The number of halogens is 3. The van der Waals surface area contributed by atoms with Crippen molar-refractivity contribution in [2.24, 2.45) is 11.7 Å². The van der Waals surface area contributed by atoms with Gasteiger partial charge in [-0.1, -0.05) is 0 Å². The molecule has 13 heteroatoms. The molecular weight excluding hydrogens is 591 g/mol. The number of ether oxygens (including phenoxy) is 3. The second kappa shape index (κ2) is 9.59. The first-order valence-corrected chi connectivity index (χ1v) is 14.8. The molecule has 10 nitrogen and oxygen atoms in total. The number of aromatic nitrogens is 3. The third-order valence-electron chi connectivity index (χ3n) is 9.15. The van der Waals surface area contributed by atoms with E-state index < -0.39 is 29.3 Å². The third kappa shape index (κ3) is 4.72. The second-order valence-electron chi connectivity index (χ2n) is 12.5. The number of alkyl halides is 2. The van der Waals surface area contributed by atoms with Crippen molar-refractivity contribution in [2.75, 3.05) is 13.2 Å². The highest BCUT2D eigenvalue weighted by Gasteiger charge is 2.46. The monoisotopic (exact) mass is 619 g/mol. The highest BCUT2D eigenvalue weighted by molar-refractivity contribution is 5.94. The number of carbonyl (C=O) groups excluding carboxylic acids is 2. The summed E-state index contributed by atoms with van der Waals surface area (Å²) in [6.07, 6.45) is 3.39. The fourth-order valence-corrected chi connectivity index (χ4v) is 6.18. The van der Waals surface area contributed by atoms with Crippen LogP contribution in [0.4, 0.5) is 13.2 Å². The van der Waals surface area contributed by atoms with E-state index in [0.29, 0.717) is 34.2 Å². The van der Waals surface area contributed by atoms with Crippen LogP contribution in [0, 0.1) is 11.7 Å². The minimum Gasteiger partial charge on any atom is -0.489 e. The maximum Gasteiger partial charge on any atom is 0.586 e. The average molecular weight is 620 g/mol. The van der Waals surface area contributed by atoms with Crippen molar-refractivity contribution in [2.45, 2.75) is 56.2 Å². The predicted molar refractivity (Wildman–Crippen MR) is 153 cm³/mol. The molecule has 2 fully saturated rings. The van der Waals surface area contributed by atoms with E-state index in [1.165, 1.54) is 18.2 Å². The molecule has 1 aromatic carbocycles. The molecule has 0 bridgehead atoms. The number of amides is 2. The van der Waals surface area contributed by atoms with E-state index in [0.717, 1.165) is 31.4 Å². The zero-order chi connectivity index (χ0) is 31.2. The van der Waals surface area contributed by atoms with Crippen molar-refractivity contribution in [3.8, 4) is 28.5 Å². The number of rotatable bonds is 8. The van der Waals surface area contributed by atoms with Crippen LogP contribution in [0.5, 0.6) is 17.2 Å². The molecule has 2 atom stereocenters. The zero-order valence-electron chi connectivity index (χ0n) is 24.1. The van der Waals surface area contributed by atoms with Gasteiger partial charge in [-0.3, -0.25) is 9.59 Å². The Morgan fingerprint density at radius 3 is 2.60 bits per heavy atom. The molecular formula is C32H28F3N5O5. The highest BCUT2D eigenvalue weighted by Crippen LogP contribution is 2.50. The van der Waals surface area contributed by atoms with Crippen molar-refractivity contribution in [1.82, 2.24) is 19.7 Å². The lowest BCUT2D eigenvalue weighted by molar-refractivity contribution is -0.286. The van der Waals surface area contributed by atoms with Gasteiger partial charge in [0.1, 0.15) is 23.5 Å². The van der Waals surface area contributed by atoms with Gasteiger partial charge in [0.05, 0.1) is 11.3 Å². The zero-order valence-corrected chi connectivity index (χ0v) is 24.1. The van der Waals surface area contributed by atoms with Gasteiger partial charge in [0, 0.05) is 47.6 Å². The standard InChI is InChI=1S/C32H28F3N5O5/c1-31(30(36)42)14-43-27-20(31)10-22(38-26(27)17-6-7-24-25(9-17)45-32(34,35)44-24)19(15-2-3-15)11-37-29(41)18-8-21(33)28-39-23(16-4-5-16)13-40(28)12-18/h6-10,12-13,15-16,19H,2-5,11,14H2,1H3,(H2,36,42)(H,37,41)/t19-,31-/m0/s1. The Labute approximate surface area is 254 Å². The fourth-order valence-electron chi connectivity index (χ4n) is 6.18. The number of nitrogens with two attached hydrogens (primary N) is 1. The number of pyridine rings is 2. The molecule has 4 aromatic rings. The van der Waals surface area contributed by atoms with Crippen molar-refractivity contribution in [3.05, 3.63) is 71.1 Å². The topological polar surface area (TPSA) is 130 Å². The van der Waals surface area contributed by atoms with Crippen LogP contribution in [0.3, 0.4) is 0 Å². The number of nitrogens with one attached hydrogen (secondary N) is 1. The third-order valence-corrected chi connectivity index (χ3v) is 9.15. The average Bonchev–Trinajstić information content (AvgIpc) is 3.92. The summed E-state index contributed by atoms with van der Waals surface area (Å²) in [6, 6.07) is 7.27. The van der Waals surface area contributed by atoms with E-state index in [4.69, 9.17) is 15.5 Å². The first-order chi connectivity index (χ1) is 21.5. The molecule has 2 amide bonds. The number of benzene rings is 1. The number of carbonyl (C=O) groups is 2. The molecule has 3 aromatic heterocycles. The number of fused-ring (bicyclic) bond motifs is 3. The van der Waals surface area contributed by atoms with Gasteiger partial charge < -0.3 is 29.7 Å². The van der Waals surface area contributed by atoms with Gasteiger partial charge in [-0.15, -0.1) is 8.78 Å². The smallest absolute Gasteiger partial charge is 0.489 e. The lowest BCUT2D eigenvalue weighted by Gasteiger charge is -2.22. The first kappa shape index (κ1) is 27.7. The number of primary amides is 1. The van der Waals surface area contributed by atoms with Crippen LogP contribution in [0.15, 0.2) is 42.7 Å². The first-order valence-electron chi connectivity index (χ1n) is 14.8. The van der Waals surface area contributed by atoms with Gasteiger partial charge in [-0.25, -0.2) is 14.4 Å². The minimum atomic E-state index is -3.79. The Morgan fingerprint density at radius 1 is 1.09 bits per heavy atom. The molecule has 2 saturated carbocycles. The van der Waals surface area contributed by atoms with Crippen LogP contribution >= 0.6 is 0 Å². The summed E-state index contributed by atoms with van der Waals surface area (Å²) in [4.78, 5) is 35.2. The SMILES string of the molecule is C[C@]1(C(N)=O)COc2c1cc([C@@H](CNC(=O)c1cc(F)c3nc(C4CC4)cn3c1)C1CC1)nc2-c1ccc2c(c1)OC(F)(F)O2. The molecule has 4 aliphatic rings. The molecule has 3 N–H and O–H groups in total. The predicted octanol–water partition coefficient (Wildman–Crippen LogP) is 4.79. The highest BCUT2D eigenvalue weighted by atomic mass is 19.3. The summed E-state index contributed by atoms with van der Waals surface area (Å²) < 4.78 is 59.2. The Morgan fingerprint density at radius 2 is 1.87 bits per heavy atom. The van der Waals surface area contributed by atoms with E-state index in [9.17, 15) is 22.8 Å². The number of imidazole rings is 1. The summed E-state index contributed by atoms with van der Waals surface area (Å²) in [5, 5.41) is 2.94. The summed E-state index contributed by atoms with van der Waals surface area (Å²) >= 11 is 0. The molecule has 2 aliphatic heterocycles. The largest absolute Gasteiger partial charge is 0.586 e. The van der Waals surface area contributed by atoms with Crippen LogP contribution in [0.25, 0.3) is 16.9 Å². The molecule has 8 rings (SSSR count). The Hall–Kier alpha value is -4.81. The van der Waals surface area contributed by atoms with Gasteiger partial charge in [-0.05, 0) is 68.9 Å². The Balaban J connectivity index is 1.13. The molecule has 5 heterocycles. The molecule has 2 aliphatic carbocycles. The Bertz CT molecular complexity index is 1920. The normalized spacial score (nSPS) is 21.8. The van der Waals surface area contributed by atoms with Gasteiger partial charge in [0.2, 0.25) is 5.91 Å². The van der Waals surface area contributed by atoms with Gasteiger partial charge in [0.15, 0.2) is 23.0 Å². The summed E-state index contributed by atoms with van der Waals surface area (Å²) in [7, 11) is 0. The summed E-state index contributed by atoms with van der Waals surface area (Å²) in [6.45, 7) is 1.85. The lowest BCUT2D eigenvalue weighted by Crippen LogP contribution is -2.40. The summed E-state index contributed by atoms with van der Waals surface area (Å²) in [5.41, 5.74) is 7.66. The van der Waals surface area contributed by atoms with Gasteiger partial charge >= 0.3 is 6.29 Å². The number of hydrogen-bond acceptors (Lipinski definition) is 7. The van der Waals surface area contributed by atoms with E-state index in [1.807, 2.05) is 0 Å². The maximum atomic E-state index is 14.9. The molecule has 0 saturated heterocycles. The molecule has 232 valence electrons. The second-order valence-corrected chi connectivity index (χ2v) is 12.5. The van der Waals surface area contributed by atoms with Gasteiger partial charge in [-0.2, -0.15) is 0 Å². The van der Waals surface area contributed by atoms with E-state index >= 15 is 0 Å². The lowest BCUT2D eigenvalue weighted by atomic mass is 9.82. The van der Waals surface area contributed by atoms with Crippen molar-refractivity contribution in [1.29, 1.82) is 0 Å². The number of hydrogen-bond donors (Lipinski definition) is 2. The summed E-state index contributed by atoms with van der Waals surface area (Å²) in [5.74, 6) is -1.32. The van der Waals surface area contributed by atoms with Crippen LogP contribution in [0.2, 0.25) is 0 Å². The van der Waals surface area contributed by atoms with E-state index in [1.54, 1.807) is 35.9 Å². The van der Waals surface area contributed by atoms with Crippen LogP contribution in [-0.2, 0) is 10.2 Å². The molecule has 45 heavy (non-hydrogen) atoms. The van der Waals surface area contributed by atoms with Crippen LogP contribution in [0.1, 0.15) is 71.8 Å².